The van der Waals surface area contributed by atoms with E-state index in [0.717, 1.165) is 11.0 Å². The van der Waals surface area contributed by atoms with Gasteiger partial charge in [0, 0.05) is 25.1 Å². The van der Waals surface area contributed by atoms with Gasteiger partial charge in [-0.25, -0.2) is 4.79 Å². The second-order valence-electron chi connectivity index (χ2n) is 5.69. The number of aliphatic hydroxyl groups is 1. The van der Waals surface area contributed by atoms with E-state index < -0.39 is 29.7 Å². The number of carbonyl (C=O) groups excluding carboxylic acids is 3. The van der Waals surface area contributed by atoms with Gasteiger partial charge in [0.05, 0.1) is 13.2 Å². The Morgan fingerprint density at radius 1 is 1.19 bits per heavy atom. The van der Waals surface area contributed by atoms with Gasteiger partial charge in [-0.3, -0.25) is 19.3 Å². The fourth-order valence-electron chi connectivity index (χ4n) is 2.47. The van der Waals surface area contributed by atoms with Crippen LogP contribution >= 0.6 is 0 Å². The van der Waals surface area contributed by atoms with Crippen molar-refractivity contribution >= 4 is 29.4 Å². The third-order valence-electron chi connectivity index (χ3n) is 3.68. The zero-order valence-corrected chi connectivity index (χ0v) is 14.1. The van der Waals surface area contributed by atoms with Crippen molar-refractivity contribution in [3.63, 3.8) is 0 Å². The first-order valence-corrected chi connectivity index (χ1v) is 7.86. The molecule has 138 valence electrons. The SMILES string of the molecule is CC(=O)NC(Cc1ccc(NC2=CC(=O)N(CCO)C2=O)cc1)C(=O)O. The van der Waals surface area contributed by atoms with Gasteiger partial charge in [0.1, 0.15) is 11.7 Å². The number of aliphatic carboxylic acids is 1. The van der Waals surface area contributed by atoms with E-state index in [9.17, 15) is 19.2 Å². The second kappa shape index (κ2) is 8.26. The molecular formula is C17H19N3O6. The Hall–Kier alpha value is -3.20. The molecule has 0 aliphatic carbocycles. The molecule has 0 saturated heterocycles. The Kier molecular flexibility index (Phi) is 6.07. The van der Waals surface area contributed by atoms with E-state index in [1.54, 1.807) is 24.3 Å². The van der Waals surface area contributed by atoms with Gasteiger partial charge in [-0.2, -0.15) is 0 Å². The summed E-state index contributed by atoms with van der Waals surface area (Å²) in [6, 6.07) is 5.56. The van der Waals surface area contributed by atoms with Gasteiger partial charge in [0.25, 0.3) is 11.8 Å². The number of aliphatic hydroxyl groups excluding tert-OH is 1. The first kappa shape index (κ1) is 19.1. The lowest BCUT2D eigenvalue weighted by atomic mass is 10.1. The van der Waals surface area contributed by atoms with Crippen LogP contribution in [0.5, 0.6) is 0 Å². The van der Waals surface area contributed by atoms with Crippen molar-refractivity contribution in [2.24, 2.45) is 0 Å². The minimum atomic E-state index is -1.13. The second-order valence-corrected chi connectivity index (χ2v) is 5.69. The first-order chi connectivity index (χ1) is 12.3. The number of rotatable bonds is 8. The van der Waals surface area contributed by atoms with Crippen LogP contribution in [0.4, 0.5) is 5.69 Å². The molecule has 0 fully saturated rings. The Bertz CT molecular complexity index is 756. The van der Waals surface area contributed by atoms with Crippen molar-refractivity contribution in [1.29, 1.82) is 0 Å². The summed E-state index contributed by atoms with van der Waals surface area (Å²) >= 11 is 0. The number of nitrogens with zero attached hydrogens (tertiary/aromatic N) is 1. The average Bonchev–Trinajstić information content (AvgIpc) is 2.83. The zero-order chi connectivity index (χ0) is 19.3. The van der Waals surface area contributed by atoms with E-state index in [2.05, 4.69) is 10.6 Å². The predicted octanol–water partition coefficient (Wildman–Crippen LogP) is -0.525. The van der Waals surface area contributed by atoms with Crippen LogP contribution in [-0.4, -0.2) is 58.0 Å². The number of hydrogen-bond donors (Lipinski definition) is 4. The summed E-state index contributed by atoms with van der Waals surface area (Å²) in [7, 11) is 0. The number of benzene rings is 1. The molecule has 1 aromatic rings. The molecule has 3 amide bonds. The van der Waals surface area contributed by atoms with Gasteiger partial charge in [-0.15, -0.1) is 0 Å². The Morgan fingerprint density at radius 2 is 1.85 bits per heavy atom. The number of nitrogens with one attached hydrogen (secondary N) is 2. The maximum Gasteiger partial charge on any atom is 0.326 e. The van der Waals surface area contributed by atoms with Gasteiger partial charge < -0.3 is 20.8 Å². The van der Waals surface area contributed by atoms with E-state index >= 15 is 0 Å². The fourth-order valence-corrected chi connectivity index (χ4v) is 2.47. The lowest BCUT2D eigenvalue weighted by Crippen LogP contribution is -2.41. The number of anilines is 1. The standard InChI is InChI=1S/C17H19N3O6/c1-10(22)18-14(17(25)26)8-11-2-4-12(5-3-11)19-13-9-15(23)20(6-7-21)16(13)24/h2-5,9,14,19,21H,6-8H2,1H3,(H,18,22)(H,25,26). The van der Waals surface area contributed by atoms with Crippen LogP contribution in [0, 0.1) is 0 Å². The van der Waals surface area contributed by atoms with Gasteiger partial charge in [-0.05, 0) is 17.7 Å². The van der Waals surface area contributed by atoms with Crippen LogP contribution in [0.2, 0.25) is 0 Å². The van der Waals surface area contributed by atoms with Crippen molar-refractivity contribution < 1.29 is 29.4 Å². The summed E-state index contributed by atoms with van der Waals surface area (Å²) in [5, 5.41) is 23.2. The van der Waals surface area contributed by atoms with E-state index in [4.69, 9.17) is 10.2 Å². The molecule has 1 aromatic carbocycles. The number of carbonyl (C=O) groups is 4. The first-order valence-electron chi connectivity index (χ1n) is 7.86. The van der Waals surface area contributed by atoms with Crippen molar-refractivity contribution in [2.75, 3.05) is 18.5 Å². The van der Waals surface area contributed by atoms with E-state index in [1.807, 2.05) is 0 Å². The molecule has 0 aromatic heterocycles. The highest BCUT2D eigenvalue weighted by atomic mass is 16.4. The highest BCUT2D eigenvalue weighted by Crippen LogP contribution is 2.18. The third-order valence-corrected chi connectivity index (χ3v) is 3.68. The molecule has 1 unspecified atom stereocenters. The maximum atomic E-state index is 12.1. The highest BCUT2D eigenvalue weighted by molar-refractivity contribution is 6.17. The summed E-state index contributed by atoms with van der Waals surface area (Å²) in [6.07, 6.45) is 1.27. The molecule has 1 heterocycles. The van der Waals surface area contributed by atoms with Gasteiger partial charge in [-0.1, -0.05) is 12.1 Å². The molecule has 0 spiro atoms. The molecule has 0 bridgehead atoms. The van der Waals surface area contributed by atoms with Crippen molar-refractivity contribution in [3.05, 3.63) is 41.6 Å². The number of imide groups is 1. The Morgan fingerprint density at radius 3 is 2.38 bits per heavy atom. The van der Waals surface area contributed by atoms with E-state index in [-0.39, 0.29) is 25.3 Å². The number of hydrogen-bond acceptors (Lipinski definition) is 6. The maximum absolute atomic E-state index is 12.1. The number of carboxylic acids is 1. The minimum Gasteiger partial charge on any atom is -0.480 e. The number of β-amino-alcohol motifs (C(OH)–C–C–N with tert-alkyl or cyclic N) is 1. The van der Waals surface area contributed by atoms with Gasteiger partial charge in [0.2, 0.25) is 5.91 Å². The Labute approximate surface area is 149 Å². The van der Waals surface area contributed by atoms with E-state index in [0.29, 0.717) is 11.3 Å². The smallest absolute Gasteiger partial charge is 0.326 e. The molecule has 1 atom stereocenters. The molecule has 9 heteroatoms. The van der Waals surface area contributed by atoms with Crippen LogP contribution < -0.4 is 10.6 Å². The molecule has 0 radical (unpaired) electrons. The zero-order valence-electron chi connectivity index (χ0n) is 14.1. The lowest BCUT2D eigenvalue weighted by Gasteiger charge is -2.15. The van der Waals surface area contributed by atoms with Crippen LogP contribution in [0.25, 0.3) is 0 Å². The molecular weight excluding hydrogens is 342 g/mol. The van der Waals surface area contributed by atoms with Crippen LogP contribution in [0.1, 0.15) is 12.5 Å². The van der Waals surface area contributed by atoms with Crippen LogP contribution in [0.3, 0.4) is 0 Å². The van der Waals surface area contributed by atoms with E-state index in [1.165, 1.54) is 6.92 Å². The Balaban J connectivity index is 2.03. The summed E-state index contributed by atoms with van der Waals surface area (Å²) in [5.41, 5.74) is 1.32. The molecule has 2 rings (SSSR count). The highest BCUT2D eigenvalue weighted by Gasteiger charge is 2.30. The molecule has 26 heavy (non-hydrogen) atoms. The average molecular weight is 361 g/mol. The van der Waals surface area contributed by atoms with Crippen LogP contribution in [-0.2, 0) is 25.6 Å². The molecule has 9 nitrogen and oxygen atoms in total. The largest absolute Gasteiger partial charge is 0.480 e. The molecule has 4 N–H and O–H groups in total. The van der Waals surface area contributed by atoms with Gasteiger partial charge in [0.15, 0.2) is 0 Å². The molecule has 0 saturated carbocycles. The fraction of sp³-hybridized carbons (Fsp3) is 0.294. The lowest BCUT2D eigenvalue weighted by molar-refractivity contribution is -0.141. The number of amides is 3. The van der Waals surface area contributed by atoms with Crippen molar-refractivity contribution in [2.45, 2.75) is 19.4 Å². The number of carboxylic acid groups (broad SMARTS) is 1. The normalized spacial score (nSPS) is 14.8. The van der Waals surface area contributed by atoms with Crippen LogP contribution in [0.15, 0.2) is 36.0 Å². The monoisotopic (exact) mass is 361 g/mol. The molecule has 1 aliphatic heterocycles. The van der Waals surface area contributed by atoms with Gasteiger partial charge >= 0.3 is 5.97 Å². The third kappa shape index (κ3) is 4.67. The summed E-state index contributed by atoms with van der Waals surface area (Å²) < 4.78 is 0. The minimum absolute atomic E-state index is 0.0714. The van der Waals surface area contributed by atoms with Crippen molar-refractivity contribution in [3.8, 4) is 0 Å². The quantitative estimate of drug-likeness (QED) is 0.457. The summed E-state index contributed by atoms with van der Waals surface area (Å²) in [4.78, 5) is 46.9. The summed E-state index contributed by atoms with van der Waals surface area (Å²) in [5.74, 6) is -2.58. The van der Waals surface area contributed by atoms with Crippen molar-refractivity contribution in [1.82, 2.24) is 10.2 Å². The topological polar surface area (TPSA) is 136 Å². The molecule has 1 aliphatic rings. The summed E-state index contributed by atoms with van der Waals surface area (Å²) in [6.45, 7) is 0.862. The predicted molar refractivity (Wildman–Crippen MR) is 90.9 cm³/mol.